The van der Waals surface area contributed by atoms with E-state index in [1.165, 1.54) is 11.1 Å². The number of carbonyl (C=O) groups excluding carboxylic acids is 2. The van der Waals surface area contributed by atoms with Gasteiger partial charge in [0.1, 0.15) is 0 Å². The van der Waals surface area contributed by atoms with Crippen molar-refractivity contribution >= 4 is 17.3 Å². The second-order valence-corrected chi connectivity index (χ2v) is 6.74. The van der Waals surface area contributed by atoms with Crippen LogP contribution < -0.4 is 5.32 Å². The van der Waals surface area contributed by atoms with Gasteiger partial charge in [-0.1, -0.05) is 37.3 Å². The third-order valence-corrected chi connectivity index (χ3v) is 4.91. The summed E-state index contributed by atoms with van der Waals surface area (Å²) in [5.41, 5.74) is 3.44. The van der Waals surface area contributed by atoms with Crippen molar-refractivity contribution in [1.29, 1.82) is 0 Å². The smallest absolute Gasteiger partial charge is 0.287 e. The molecule has 6 heteroatoms. The fraction of sp³-hybridized carbons (Fsp3) is 0.286. The standard InChI is InChI=1S/C21H22N4O2/c1-2-11-22-20(26)19-23-18(17-9-5-6-12-25(17)19)21(27)24-13-10-15-7-3-4-8-16(15)14-24/h3-9,12H,2,10-11,13-14H2,1H3,(H,22,26). The maximum Gasteiger partial charge on any atom is 0.287 e. The average molecular weight is 362 g/mol. The number of hydrogen-bond acceptors (Lipinski definition) is 3. The van der Waals surface area contributed by atoms with E-state index in [-0.39, 0.29) is 17.6 Å². The molecule has 6 nitrogen and oxygen atoms in total. The highest BCUT2D eigenvalue weighted by molar-refractivity contribution is 6.02. The normalized spacial score (nSPS) is 13.4. The molecule has 2 aromatic heterocycles. The van der Waals surface area contributed by atoms with Crippen LogP contribution in [0.1, 0.15) is 45.6 Å². The van der Waals surface area contributed by atoms with Crippen molar-refractivity contribution < 1.29 is 9.59 Å². The van der Waals surface area contributed by atoms with Crippen LogP contribution in [0.4, 0.5) is 0 Å². The first-order chi connectivity index (χ1) is 13.2. The van der Waals surface area contributed by atoms with Crippen molar-refractivity contribution in [3.05, 3.63) is 71.3 Å². The third-order valence-electron chi connectivity index (χ3n) is 4.91. The van der Waals surface area contributed by atoms with E-state index in [2.05, 4.69) is 22.4 Å². The van der Waals surface area contributed by atoms with Crippen molar-refractivity contribution in [3.63, 3.8) is 0 Å². The molecule has 0 atom stereocenters. The van der Waals surface area contributed by atoms with E-state index in [4.69, 9.17) is 0 Å². The molecule has 2 amide bonds. The molecule has 1 aliphatic rings. The Bertz CT molecular complexity index is 1010. The third kappa shape index (κ3) is 3.18. The molecule has 4 rings (SSSR count). The van der Waals surface area contributed by atoms with Gasteiger partial charge in [0, 0.05) is 25.8 Å². The Hall–Kier alpha value is -3.15. The maximum atomic E-state index is 13.2. The number of nitrogens with zero attached hydrogens (tertiary/aromatic N) is 3. The summed E-state index contributed by atoms with van der Waals surface area (Å²) in [5.74, 6) is -0.149. The highest BCUT2D eigenvalue weighted by atomic mass is 16.2. The molecule has 0 unspecified atom stereocenters. The highest BCUT2D eigenvalue weighted by Crippen LogP contribution is 2.22. The topological polar surface area (TPSA) is 66.7 Å². The fourth-order valence-electron chi connectivity index (χ4n) is 3.49. The SMILES string of the molecule is CCCNC(=O)c1nc(C(=O)N2CCc3ccccc3C2)c2ccccn12. The summed E-state index contributed by atoms with van der Waals surface area (Å²) in [5, 5.41) is 2.84. The number of imidazole rings is 1. The minimum atomic E-state index is -0.263. The quantitative estimate of drug-likeness (QED) is 0.776. The predicted molar refractivity (Wildman–Crippen MR) is 103 cm³/mol. The molecule has 0 aliphatic carbocycles. The number of pyridine rings is 1. The molecule has 1 N–H and O–H groups in total. The zero-order valence-corrected chi connectivity index (χ0v) is 15.3. The number of rotatable bonds is 4. The predicted octanol–water partition coefficient (Wildman–Crippen LogP) is 2.67. The molecule has 0 spiro atoms. The molecule has 0 saturated carbocycles. The van der Waals surface area contributed by atoms with Crippen LogP contribution in [0.25, 0.3) is 5.52 Å². The van der Waals surface area contributed by atoms with Gasteiger partial charge in [-0.25, -0.2) is 4.98 Å². The zero-order valence-electron chi connectivity index (χ0n) is 15.3. The van der Waals surface area contributed by atoms with Crippen molar-refractivity contribution in [2.75, 3.05) is 13.1 Å². The van der Waals surface area contributed by atoms with Gasteiger partial charge in [-0.2, -0.15) is 0 Å². The van der Waals surface area contributed by atoms with Crippen LogP contribution in [0.15, 0.2) is 48.7 Å². The first-order valence-corrected chi connectivity index (χ1v) is 9.30. The summed E-state index contributed by atoms with van der Waals surface area (Å²) in [6.07, 6.45) is 3.44. The number of amides is 2. The Morgan fingerprint density at radius 1 is 1.11 bits per heavy atom. The molecule has 138 valence electrons. The molecule has 1 aliphatic heterocycles. The number of hydrogen-bond donors (Lipinski definition) is 1. The van der Waals surface area contributed by atoms with E-state index in [0.29, 0.717) is 30.8 Å². The first-order valence-electron chi connectivity index (χ1n) is 9.30. The number of benzene rings is 1. The van der Waals surface area contributed by atoms with Gasteiger partial charge in [-0.3, -0.25) is 14.0 Å². The van der Waals surface area contributed by atoms with Gasteiger partial charge < -0.3 is 10.2 Å². The summed E-state index contributed by atoms with van der Waals surface area (Å²) in [7, 11) is 0. The molecule has 27 heavy (non-hydrogen) atoms. The van der Waals surface area contributed by atoms with Gasteiger partial charge in [0.15, 0.2) is 5.69 Å². The van der Waals surface area contributed by atoms with Crippen molar-refractivity contribution in [2.24, 2.45) is 0 Å². The summed E-state index contributed by atoms with van der Waals surface area (Å²) in [4.78, 5) is 31.9. The summed E-state index contributed by atoms with van der Waals surface area (Å²) < 4.78 is 1.69. The van der Waals surface area contributed by atoms with Crippen LogP contribution in [0.2, 0.25) is 0 Å². The van der Waals surface area contributed by atoms with Crippen LogP contribution in [0.3, 0.4) is 0 Å². The molecule has 3 aromatic rings. The van der Waals surface area contributed by atoms with Crippen molar-refractivity contribution in [1.82, 2.24) is 19.6 Å². The van der Waals surface area contributed by atoms with Crippen LogP contribution in [-0.4, -0.2) is 39.2 Å². The highest BCUT2D eigenvalue weighted by Gasteiger charge is 2.27. The van der Waals surface area contributed by atoms with Gasteiger partial charge in [-0.15, -0.1) is 0 Å². The first kappa shape index (κ1) is 17.3. The van der Waals surface area contributed by atoms with Crippen LogP contribution in [0, 0.1) is 0 Å². The second kappa shape index (κ2) is 7.23. The van der Waals surface area contributed by atoms with Crippen LogP contribution >= 0.6 is 0 Å². The number of aromatic nitrogens is 2. The Kier molecular flexibility index (Phi) is 4.62. The number of nitrogens with one attached hydrogen (secondary N) is 1. The molecular formula is C21H22N4O2. The summed E-state index contributed by atoms with van der Waals surface area (Å²) in [6.45, 7) is 3.79. The zero-order chi connectivity index (χ0) is 18.8. The Morgan fingerprint density at radius 2 is 1.89 bits per heavy atom. The lowest BCUT2D eigenvalue weighted by Gasteiger charge is -2.28. The average Bonchev–Trinajstić information content (AvgIpc) is 3.11. The number of carbonyl (C=O) groups is 2. The Morgan fingerprint density at radius 3 is 2.70 bits per heavy atom. The van der Waals surface area contributed by atoms with Crippen molar-refractivity contribution in [3.8, 4) is 0 Å². The molecule has 0 radical (unpaired) electrons. The lowest BCUT2D eigenvalue weighted by Crippen LogP contribution is -2.36. The van der Waals surface area contributed by atoms with E-state index in [1.54, 1.807) is 10.6 Å². The van der Waals surface area contributed by atoms with Crippen LogP contribution in [0.5, 0.6) is 0 Å². The Labute approximate surface area is 157 Å². The van der Waals surface area contributed by atoms with Gasteiger partial charge >= 0.3 is 0 Å². The van der Waals surface area contributed by atoms with E-state index in [0.717, 1.165) is 12.8 Å². The lowest BCUT2D eigenvalue weighted by molar-refractivity contribution is 0.0731. The number of fused-ring (bicyclic) bond motifs is 2. The van der Waals surface area contributed by atoms with Gasteiger partial charge in [0.25, 0.3) is 11.8 Å². The molecule has 0 fully saturated rings. The van der Waals surface area contributed by atoms with Gasteiger partial charge in [-0.05, 0) is 36.1 Å². The summed E-state index contributed by atoms with van der Waals surface area (Å²) in [6, 6.07) is 13.7. The van der Waals surface area contributed by atoms with E-state index in [1.807, 2.05) is 42.2 Å². The summed E-state index contributed by atoms with van der Waals surface area (Å²) >= 11 is 0. The second-order valence-electron chi connectivity index (χ2n) is 6.74. The lowest BCUT2D eigenvalue weighted by atomic mass is 10.00. The minimum Gasteiger partial charge on any atom is -0.349 e. The fourth-order valence-corrected chi connectivity index (χ4v) is 3.49. The maximum absolute atomic E-state index is 13.2. The largest absolute Gasteiger partial charge is 0.349 e. The van der Waals surface area contributed by atoms with E-state index < -0.39 is 0 Å². The van der Waals surface area contributed by atoms with E-state index in [9.17, 15) is 9.59 Å². The van der Waals surface area contributed by atoms with Crippen LogP contribution in [-0.2, 0) is 13.0 Å². The molecule has 0 bridgehead atoms. The minimum absolute atomic E-state index is 0.136. The van der Waals surface area contributed by atoms with Gasteiger partial charge in [0.05, 0.1) is 5.52 Å². The van der Waals surface area contributed by atoms with Crippen molar-refractivity contribution in [2.45, 2.75) is 26.3 Å². The molecule has 0 saturated heterocycles. The Balaban J connectivity index is 1.67. The van der Waals surface area contributed by atoms with Gasteiger partial charge in [0.2, 0.25) is 5.82 Å². The monoisotopic (exact) mass is 362 g/mol. The molecule has 1 aromatic carbocycles. The van der Waals surface area contributed by atoms with E-state index >= 15 is 0 Å². The molecular weight excluding hydrogens is 340 g/mol. The molecule has 3 heterocycles.